The molecule has 2 fully saturated rings. The van der Waals surface area contributed by atoms with Gasteiger partial charge in [0.1, 0.15) is 0 Å². The summed E-state index contributed by atoms with van der Waals surface area (Å²) in [7, 11) is 0. The van der Waals surface area contributed by atoms with Crippen LogP contribution in [0.2, 0.25) is 0 Å². The summed E-state index contributed by atoms with van der Waals surface area (Å²) >= 11 is 3.53. The molecule has 1 saturated heterocycles. The lowest BCUT2D eigenvalue weighted by Gasteiger charge is -2.24. The molecule has 0 bridgehead atoms. The first-order chi connectivity index (χ1) is 11.6. The Kier molecular flexibility index (Phi) is 4.31. The Morgan fingerprint density at radius 1 is 1.25 bits per heavy atom. The molecule has 4 nitrogen and oxygen atoms in total. The number of amides is 1. The minimum atomic E-state index is 0.0480. The van der Waals surface area contributed by atoms with Crippen molar-refractivity contribution in [2.75, 3.05) is 13.1 Å². The molecule has 1 aromatic carbocycles. The second kappa shape index (κ2) is 6.45. The van der Waals surface area contributed by atoms with Crippen LogP contribution in [0.15, 0.2) is 22.7 Å². The summed E-state index contributed by atoms with van der Waals surface area (Å²) in [5, 5.41) is 7.54. The van der Waals surface area contributed by atoms with E-state index in [0.29, 0.717) is 5.92 Å². The molecule has 1 aliphatic carbocycles. The van der Waals surface area contributed by atoms with Crippen LogP contribution in [0, 0.1) is 6.92 Å². The molecule has 2 heterocycles. The van der Waals surface area contributed by atoms with Crippen molar-refractivity contribution >= 4 is 32.7 Å². The number of hydrogen-bond donors (Lipinski definition) is 2. The second-order valence-electron chi connectivity index (χ2n) is 6.93. The van der Waals surface area contributed by atoms with Crippen molar-refractivity contribution in [2.24, 2.45) is 0 Å². The quantitative estimate of drug-likeness (QED) is 0.844. The average molecular weight is 388 g/mol. The number of fused-ring (bicyclic) bond motifs is 1. The van der Waals surface area contributed by atoms with E-state index < -0.39 is 0 Å². The van der Waals surface area contributed by atoms with Gasteiger partial charge in [-0.25, -0.2) is 0 Å². The molecule has 1 amide bonds. The molecule has 4 rings (SSSR count). The Morgan fingerprint density at radius 2 is 2.00 bits per heavy atom. The van der Waals surface area contributed by atoms with Crippen LogP contribution in [0.4, 0.5) is 0 Å². The van der Waals surface area contributed by atoms with Crippen LogP contribution >= 0.6 is 15.9 Å². The molecule has 1 aromatic heterocycles. The van der Waals surface area contributed by atoms with Gasteiger partial charge in [0, 0.05) is 27.5 Å². The van der Waals surface area contributed by atoms with Crippen LogP contribution in [0.25, 0.3) is 10.9 Å². The molecule has 0 unspecified atom stereocenters. The zero-order valence-corrected chi connectivity index (χ0v) is 15.4. The molecule has 24 heavy (non-hydrogen) atoms. The predicted octanol–water partition coefficient (Wildman–Crippen LogP) is 3.66. The maximum Gasteiger partial charge on any atom is 0.252 e. The maximum absolute atomic E-state index is 13.1. The Balaban J connectivity index is 1.77. The van der Waals surface area contributed by atoms with Gasteiger partial charge in [-0.05, 0) is 69.5 Å². The Morgan fingerprint density at radius 3 is 2.71 bits per heavy atom. The van der Waals surface area contributed by atoms with Crippen LogP contribution in [-0.2, 0) is 0 Å². The molecular weight excluding hydrogens is 366 g/mol. The fraction of sp³-hybridized carbons (Fsp3) is 0.474. The summed E-state index contributed by atoms with van der Waals surface area (Å²) in [5.74, 6) is 0.579. The van der Waals surface area contributed by atoms with Gasteiger partial charge in [0.2, 0.25) is 0 Å². The molecule has 0 spiro atoms. The van der Waals surface area contributed by atoms with E-state index in [1.165, 1.54) is 12.8 Å². The van der Waals surface area contributed by atoms with E-state index >= 15 is 0 Å². The van der Waals surface area contributed by atoms with Gasteiger partial charge in [-0.3, -0.25) is 9.78 Å². The molecule has 5 heteroatoms. The zero-order valence-electron chi connectivity index (χ0n) is 13.9. The number of pyridine rings is 1. The van der Waals surface area contributed by atoms with Gasteiger partial charge in [0.15, 0.2) is 0 Å². The summed E-state index contributed by atoms with van der Waals surface area (Å²) < 4.78 is 0.978. The molecule has 0 atom stereocenters. The largest absolute Gasteiger partial charge is 0.349 e. The van der Waals surface area contributed by atoms with E-state index in [4.69, 9.17) is 4.98 Å². The van der Waals surface area contributed by atoms with E-state index in [1.807, 2.05) is 18.2 Å². The van der Waals surface area contributed by atoms with Crippen LogP contribution in [0.5, 0.6) is 0 Å². The highest BCUT2D eigenvalue weighted by atomic mass is 79.9. The molecule has 1 aliphatic heterocycles. The summed E-state index contributed by atoms with van der Waals surface area (Å²) in [4.78, 5) is 17.9. The van der Waals surface area contributed by atoms with Crippen molar-refractivity contribution in [1.82, 2.24) is 15.6 Å². The van der Waals surface area contributed by atoms with Crippen LogP contribution in [0.3, 0.4) is 0 Å². The van der Waals surface area contributed by atoms with E-state index in [1.54, 1.807) is 0 Å². The number of hydrogen-bond acceptors (Lipinski definition) is 3. The lowest BCUT2D eigenvalue weighted by Crippen LogP contribution is -2.43. The Labute approximate surface area is 150 Å². The molecule has 1 saturated carbocycles. The summed E-state index contributed by atoms with van der Waals surface area (Å²) in [5.41, 5.74) is 3.89. The van der Waals surface area contributed by atoms with Crippen molar-refractivity contribution in [3.8, 4) is 0 Å². The van der Waals surface area contributed by atoms with Crippen LogP contribution < -0.4 is 10.6 Å². The minimum Gasteiger partial charge on any atom is -0.349 e. The zero-order chi connectivity index (χ0) is 16.7. The van der Waals surface area contributed by atoms with Gasteiger partial charge in [-0.1, -0.05) is 15.9 Å². The Bertz CT molecular complexity index is 795. The highest BCUT2D eigenvalue weighted by Gasteiger charge is 2.30. The fourth-order valence-electron chi connectivity index (χ4n) is 3.62. The highest BCUT2D eigenvalue weighted by Crippen LogP contribution is 2.42. The van der Waals surface area contributed by atoms with Gasteiger partial charge >= 0.3 is 0 Å². The number of nitrogens with one attached hydrogen (secondary N) is 2. The summed E-state index contributed by atoms with van der Waals surface area (Å²) in [6.45, 7) is 4.00. The van der Waals surface area contributed by atoms with Gasteiger partial charge in [0.25, 0.3) is 5.91 Å². The topological polar surface area (TPSA) is 54.0 Å². The molecular formula is C19H22BrN3O. The number of carbonyl (C=O) groups is 1. The number of benzene rings is 1. The SMILES string of the molecule is Cc1c(C2CC2)nc2ccc(Br)cc2c1C(=O)NC1CCNCC1. The van der Waals surface area contributed by atoms with Crippen molar-refractivity contribution < 1.29 is 4.79 Å². The Hall–Kier alpha value is -1.46. The molecule has 126 valence electrons. The number of carbonyl (C=O) groups excluding carboxylic acids is 1. The first-order valence-electron chi connectivity index (χ1n) is 8.75. The third kappa shape index (κ3) is 3.07. The van der Waals surface area contributed by atoms with E-state index in [9.17, 15) is 4.79 Å². The van der Waals surface area contributed by atoms with Gasteiger partial charge < -0.3 is 10.6 Å². The standard InChI is InChI=1S/C19H22BrN3O/c1-11-17(19(24)22-14-6-8-21-9-7-14)15-10-13(20)4-5-16(15)23-18(11)12-2-3-12/h4-5,10,12,14,21H,2-3,6-9H2,1H3,(H,22,24). The number of halogens is 1. The summed E-state index contributed by atoms with van der Waals surface area (Å²) in [6, 6.07) is 6.28. The van der Waals surface area contributed by atoms with Crippen molar-refractivity contribution in [1.29, 1.82) is 0 Å². The number of aromatic nitrogens is 1. The molecule has 0 radical (unpaired) electrons. The smallest absolute Gasteiger partial charge is 0.252 e. The predicted molar refractivity (Wildman–Crippen MR) is 99.5 cm³/mol. The van der Waals surface area contributed by atoms with E-state index in [0.717, 1.165) is 58.1 Å². The normalized spacial score (nSPS) is 18.8. The highest BCUT2D eigenvalue weighted by molar-refractivity contribution is 9.10. The number of nitrogens with zero attached hydrogens (tertiary/aromatic N) is 1. The fourth-order valence-corrected chi connectivity index (χ4v) is 3.98. The molecule has 2 N–H and O–H groups in total. The van der Waals surface area contributed by atoms with Crippen molar-refractivity contribution in [3.05, 3.63) is 39.5 Å². The molecule has 2 aromatic rings. The van der Waals surface area contributed by atoms with Gasteiger partial charge in [-0.15, -0.1) is 0 Å². The van der Waals surface area contributed by atoms with Gasteiger partial charge in [0.05, 0.1) is 11.1 Å². The second-order valence-corrected chi connectivity index (χ2v) is 7.85. The van der Waals surface area contributed by atoms with E-state index in [2.05, 4.69) is 33.5 Å². The third-order valence-electron chi connectivity index (χ3n) is 5.09. The lowest BCUT2D eigenvalue weighted by molar-refractivity contribution is 0.0930. The first-order valence-corrected chi connectivity index (χ1v) is 9.54. The van der Waals surface area contributed by atoms with E-state index in [-0.39, 0.29) is 11.9 Å². The van der Waals surface area contributed by atoms with Crippen molar-refractivity contribution in [2.45, 2.75) is 44.6 Å². The van der Waals surface area contributed by atoms with Gasteiger partial charge in [-0.2, -0.15) is 0 Å². The lowest BCUT2D eigenvalue weighted by atomic mass is 9.97. The van der Waals surface area contributed by atoms with Crippen LogP contribution in [0.1, 0.15) is 53.2 Å². The minimum absolute atomic E-state index is 0.0480. The van der Waals surface area contributed by atoms with Crippen LogP contribution in [-0.4, -0.2) is 30.0 Å². The maximum atomic E-state index is 13.1. The third-order valence-corrected chi connectivity index (χ3v) is 5.59. The monoisotopic (exact) mass is 387 g/mol. The average Bonchev–Trinajstić information content (AvgIpc) is 3.40. The molecule has 2 aliphatic rings. The number of rotatable bonds is 3. The first kappa shape index (κ1) is 16.0. The van der Waals surface area contributed by atoms with Crippen molar-refractivity contribution in [3.63, 3.8) is 0 Å². The summed E-state index contributed by atoms with van der Waals surface area (Å²) in [6.07, 6.45) is 4.36. The number of piperidine rings is 1.